The molecule has 29 heavy (non-hydrogen) atoms. The Bertz CT molecular complexity index is 894. The standard InChI is InChI=1S/C19H14ClF3N2OS.C2H6/c20-17-5-2-12-24-18(17)26-15-9-7-14(8-10-15)25-27-16-4-1-3-13(6-11-16)19(21,22)23;1-2/h1-10,12,25H,11H2;1-2H3. The van der Waals surface area contributed by atoms with Crippen LogP contribution in [0.3, 0.4) is 0 Å². The maximum absolute atomic E-state index is 12.7. The third-order valence-corrected chi connectivity index (χ3v) is 4.69. The van der Waals surface area contributed by atoms with Crippen molar-refractivity contribution in [3.05, 3.63) is 82.4 Å². The summed E-state index contributed by atoms with van der Waals surface area (Å²) in [4.78, 5) is 4.82. The lowest BCUT2D eigenvalue weighted by Gasteiger charge is -2.09. The van der Waals surface area contributed by atoms with Gasteiger partial charge in [-0.2, -0.15) is 13.2 Å². The van der Waals surface area contributed by atoms with Crippen molar-refractivity contribution in [3.63, 3.8) is 0 Å². The predicted octanol–water partition coefficient (Wildman–Crippen LogP) is 7.95. The topological polar surface area (TPSA) is 34.1 Å². The third kappa shape index (κ3) is 7.18. The molecule has 1 heterocycles. The third-order valence-electron chi connectivity index (χ3n) is 3.50. The summed E-state index contributed by atoms with van der Waals surface area (Å²) < 4.78 is 46.9. The van der Waals surface area contributed by atoms with Crippen LogP contribution in [0.1, 0.15) is 20.3 Å². The highest BCUT2D eigenvalue weighted by Crippen LogP contribution is 2.32. The van der Waals surface area contributed by atoms with Crippen LogP contribution in [0.4, 0.5) is 18.9 Å². The van der Waals surface area contributed by atoms with Gasteiger partial charge in [-0.1, -0.05) is 49.8 Å². The summed E-state index contributed by atoms with van der Waals surface area (Å²) in [7, 11) is 0. The summed E-state index contributed by atoms with van der Waals surface area (Å²) in [5, 5.41) is 0.412. The molecule has 1 aliphatic rings. The molecule has 0 unspecified atom stereocenters. The van der Waals surface area contributed by atoms with Gasteiger partial charge in [-0.15, -0.1) is 0 Å². The molecule has 1 aliphatic carbocycles. The first-order chi connectivity index (χ1) is 13.9. The Kier molecular flexibility index (Phi) is 8.67. The molecule has 0 radical (unpaired) electrons. The van der Waals surface area contributed by atoms with E-state index in [1.807, 2.05) is 13.8 Å². The first kappa shape index (κ1) is 22.9. The Hall–Kier alpha value is -2.38. The number of aromatic nitrogens is 1. The van der Waals surface area contributed by atoms with Gasteiger partial charge in [-0.05, 0) is 54.8 Å². The summed E-state index contributed by atoms with van der Waals surface area (Å²) >= 11 is 7.27. The van der Waals surface area contributed by atoms with Crippen LogP contribution in [0.25, 0.3) is 0 Å². The molecule has 0 amide bonds. The van der Waals surface area contributed by atoms with Crippen molar-refractivity contribution < 1.29 is 17.9 Å². The summed E-state index contributed by atoms with van der Waals surface area (Å²) in [5.41, 5.74) is 0.151. The minimum absolute atomic E-state index is 0.207. The molecule has 0 aliphatic heterocycles. The molecular formula is C21H20ClF3N2OS. The van der Waals surface area contributed by atoms with E-state index in [-0.39, 0.29) is 6.42 Å². The molecule has 0 spiro atoms. The molecule has 0 atom stereocenters. The number of anilines is 1. The molecule has 8 heteroatoms. The highest BCUT2D eigenvalue weighted by atomic mass is 35.5. The van der Waals surface area contributed by atoms with Crippen molar-refractivity contribution in [3.8, 4) is 11.6 Å². The van der Waals surface area contributed by atoms with E-state index in [0.717, 1.165) is 16.7 Å². The molecule has 0 fully saturated rings. The Balaban J connectivity index is 0.00000145. The van der Waals surface area contributed by atoms with Gasteiger partial charge in [0.25, 0.3) is 0 Å². The number of hydrogen-bond acceptors (Lipinski definition) is 4. The number of nitrogens with zero attached hydrogens (tertiary/aromatic N) is 1. The smallest absolute Gasteiger partial charge is 0.416 e. The zero-order valence-electron chi connectivity index (χ0n) is 15.8. The fraction of sp³-hybridized carbons (Fsp3) is 0.190. The normalized spacial score (nSPS) is 13.4. The van der Waals surface area contributed by atoms with Crippen molar-refractivity contribution >= 4 is 29.2 Å². The molecule has 1 N–H and O–H groups in total. The highest BCUT2D eigenvalue weighted by Gasteiger charge is 2.31. The molecule has 154 valence electrons. The average molecular weight is 441 g/mol. The quantitative estimate of drug-likeness (QED) is 0.478. The van der Waals surface area contributed by atoms with Gasteiger partial charge in [-0.25, -0.2) is 4.98 Å². The molecule has 0 saturated carbocycles. The van der Waals surface area contributed by atoms with Gasteiger partial charge in [0.2, 0.25) is 5.88 Å². The zero-order valence-corrected chi connectivity index (χ0v) is 17.4. The number of rotatable bonds is 5. The summed E-state index contributed by atoms with van der Waals surface area (Å²) in [5.74, 6) is 0.887. The van der Waals surface area contributed by atoms with Gasteiger partial charge in [0, 0.05) is 16.8 Å². The molecule has 1 aromatic heterocycles. The van der Waals surface area contributed by atoms with Crippen LogP contribution in [-0.4, -0.2) is 11.2 Å². The van der Waals surface area contributed by atoms with Gasteiger partial charge in [0.05, 0.1) is 5.57 Å². The van der Waals surface area contributed by atoms with E-state index in [2.05, 4.69) is 9.71 Å². The minimum atomic E-state index is -4.33. The second kappa shape index (κ2) is 11.0. The van der Waals surface area contributed by atoms with E-state index in [1.54, 1.807) is 48.7 Å². The lowest BCUT2D eigenvalue weighted by atomic mass is 10.2. The molecule has 3 nitrogen and oxygen atoms in total. The van der Waals surface area contributed by atoms with E-state index in [9.17, 15) is 13.2 Å². The van der Waals surface area contributed by atoms with Crippen LogP contribution in [0.2, 0.25) is 5.02 Å². The molecule has 1 aromatic carbocycles. The number of benzene rings is 1. The fourth-order valence-corrected chi connectivity index (χ4v) is 3.02. The number of allylic oxidation sites excluding steroid dienone is 6. The number of alkyl halides is 3. The van der Waals surface area contributed by atoms with Crippen LogP contribution in [0.15, 0.2) is 77.4 Å². The second-order valence-corrected chi connectivity index (χ2v) is 6.81. The highest BCUT2D eigenvalue weighted by molar-refractivity contribution is 8.04. The van der Waals surface area contributed by atoms with Crippen molar-refractivity contribution in [2.75, 3.05) is 4.72 Å². The van der Waals surface area contributed by atoms with E-state index in [4.69, 9.17) is 16.3 Å². The van der Waals surface area contributed by atoms with Crippen LogP contribution >= 0.6 is 23.5 Å². The molecule has 3 rings (SSSR count). The number of halogens is 4. The van der Waals surface area contributed by atoms with Crippen LogP contribution < -0.4 is 9.46 Å². The lowest BCUT2D eigenvalue weighted by molar-refractivity contribution is -0.0883. The monoisotopic (exact) mass is 440 g/mol. The van der Waals surface area contributed by atoms with E-state index < -0.39 is 11.7 Å². The summed E-state index contributed by atoms with van der Waals surface area (Å²) in [6.45, 7) is 4.00. The number of ether oxygens (including phenoxy) is 1. The minimum Gasteiger partial charge on any atom is -0.438 e. The zero-order chi connectivity index (χ0) is 21.3. The average Bonchev–Trinajstić information content (AvgIpc) is 2.97. The van der Waals surface area contributed by atoms with Gasteiger partial charge >= 0.3 is 6.18 Å². The lowest BCUT2D eigenvalue weighted by Crippen LogP contribution is -2.09. The summed E-state index contributed by atoms with van der Waals surface area (Å²) in [6.07, 6.45) is 2.78. The first-order valence-electron chi connectivity index (χ1n) is 8.88. The summed E-state index contributed by atoms with van der Waals surface area (Å²) in [6, 6.07) is 10.5. The Morgan fingerprint density at radius 2 is 1.86 bits per heavy atom. The fourth-order valence-electron chi connectivity index (χ4n) is 2.17. The van der Waals surface area contributed by atoms with Gasteiger partial charge in [0.1, 0.15) is 10.8 Å². The first-order valence-corrected chi connectivity index (χ1v) is 10.1. The molecular weight excluding hydrogens is 421 g/mol. The Labute approximate surface area is 177 Å². The number of pyridine rings is 1. The van der Waals surface area contributed by atoms with Crippen molar-refractivity contribution in [2.45, 2.75) is 26.4 Å². The van der Waals surface area contributed by atoms with Crippen LogP contribution in [0, 0.1) is 0 Å². The largest absolute Gasteiger partial charge is 0.438 e. The van der Waals surface area contributed by atoms with Gasteiger partial charge in [-0.3, -0.25) is 0 Å². The number of hydrogen-bond donors (Lipinski definition) is 1. The Morgan fingerprint density at radius 1 is 1.14 bits per heavy atom. The molecule has 2 aromatic rings. The molecule has 0 bridgehead atoms. The predicted molar refractivity (Wildman–Crippen MR) is 114 cm³/mol. The Morgan fingerprint density at radius 3 is 2.52 bits per heavy atom. The number of nitrogens with one attached hydrogen (secondary N) is 1. The van der Waals surface area contributed by atoms with Gasteiger partial charge in [0.15, 0.2) is 0 Å². The van der Waals surface area contributed by atoms with Crippen LogP contribution in [0.5, 0.6) is 11.6 Å². The second-order valence-electron chi connectivity index (χ2n) is 5.47. The van der Waals surface area contributed by atoms with Gasteiger partial charge < -0.3 is 9.46 Å². The maximum Gasteiger partial charge on any atom is 0.416 e. The van der Waals surface area contributed by atoms with Crippen molar-refractivity contribution in [1.82, 2.24) is 4.98 Å². The SMILES string of the molecule is CC.FC(F)(F)C1=CCC(SNc2ccc(Oc3ncccc3Cl)cc2)=CC=C1. The van der Waals surface area contributed by atoms with E-state index in [0.29, 0.717) is 16.7 Å². The van der Waals surface area contributed by atoms with E-state index >= 15 is 0 Å². The maximum atomic E-state index is 12.7. The molecule has 0 saturated heterocycles. The van der Waals surface area contributed by atoms with Crippen molar-refractivity contribution in [1.29, 1.82) is 0 Å². The van der Waals surface area contributed by atoms with Crippen molar-refractivity contribution in [2.24, 2.45) is 0 Å². The van der Waals surface area contributed by atoms with E-state index in [1.165, 1.54) is 24.1 Å². The van der Waals surface area contributed by atoms with Crippen LogP contribution in [-0.2, 0) is 0 Å².